The van der Waals surface area contributed by atoms with Crippen LogP contribution in [-0.4, -0.2) is 0 Å². The number of ether oxygens (including phenoxy) is 1. The van der Waals surface area contributed by atoms with Crippen LogP contribution >= 0.6 is 0 Å². The number of hydrogen-bond acceptors (Lipinski definition) is 1. The summed E-state index contributed by atoms with van der Waals surface area (Å²) >= 11 is 0. The van der Waals surface area contributed by atoms with Crippen molar-refractivity contribution in [3.63, 3.8) is 0 Å². The van der Waals surface area contributed by atoms with Crippen LogP contribution in [0.25, 0.3) is 11.1 Å². The summed E-state index contributed by atoms with van der Waals surface area (Å²) < 4.78 is 5.92. The quantitative estimate of drug-likeness (QED) is 0.611. The third kappa shape index (κ3) is 3.20. The first kappa shape index (κ1) is 14.4. The van der Waals surface area contributed by atoms with E-state index in [2.05, 4.69) is 68.4 Å². The first-order valence-electron chi connectivity index (χ1n) is 7.57. The van der Waals surface area contributed by atoms with E-state index in [1.165, 1.54) is 27.8 Å². The molecule has 0 aliphatic rings. The molecule has 0 aliphatic heterocycles. The molecule has 110 valence electrons. The molecule has 0 saturated heterocycles. The Balaban J connectivity index is 1.81. The van der Waals surface area contributed by atoms with Gasteiger partial charge in [-0.1, -0.05) is 66.2 Å². The SMILES string of the molecule is Cc1ccc(OCc2cccc(-c3ccccc3)c2C)cc1. The van der Waals surface area contributed by atoms with Crippen LogP contribution in [0.15, 0.2) is 72.8 Å². The highest BCUT2D eigenvalue weighted by atomic mass is 16.5. The van der Waals surface area contributed by atoms with Gasteiger partial charge in [0.25, 0.3) is 0 Å². The maximum absolute atomic E-state index is 5.92. The maximum atomic E-state index is 5.92. The van der Waals surface area contributed by atoms with Gasteiger partial charge in [0.05, 0.1) is 0 Å². The minimum atomic E-state index is 0.593. The molecule has 0 bridgehead atoms. The molecule has 0 radical (unpaired) electrons. The van der Waals surface area contributed by atoms with Crippen LogP contribution in [0, 0.1) is 13.8 Å². The first-order valence-corrected chi connectivity index (χ1v) is 7.57. The molecule has 3 aromatic carbocycles. The fourth-order valence-electron chi connectivity index (χ4n) is 2.57. The van der Waals surface area contributed by atoms with Gasteiger partial charge in [-0.15, -0.1) is 0 Å². The zero-order valence-electron chi connectivity index (χ0n) is 13.0. The van der Waals surface area contributed by atoms with Crippen molar-refractivity contribution in [3.05, 3.63) is 89.5 Å². The van der Waals surface area contributed by atoms with Gasteiger partial charge in [0.1, 0.15) is 12.4 Å². The second kappa shape index (κ2) is 6.48. The Morgan fingerprint density at radius 2 is 1.45 bits per heavy atom. The van der Waals surface area contributed by atoms with Crippen molar-refractivity contribution in [3.8, 4) is 16.9 Å². The Hall–Kier alpha value is -2.54. The molecule has 0 N–H and O–H groups in total. The van der Waals surface area contributed by atoms with E-state index in [0.717, 1.165) is 5.75 Å². The van der Waals surface area contributed by atoms with Gasteiger partial charge < -0.3 is 4.74 Å². The summed E-state index contributed by atoms with van der Waals surface area (Å²) in [4.78, 5) is 0. The van der Waals surface area contributed by atoms with Crippen molar-refractivity contribution in [1.82, 2.24) is 0 Å². The standard InChI is InChI=1S/C21H20O/c1-16-11-13-20(14-12-16)22-15-19-9-6-10-21(17(19)2)18-7-4-3-5-8-18/h3-14H,15H2,1-2H3. The van der Waals surface area contributed by atoms with Gasteiger partial charge in [-0.3, -0.25) is 0 Å². The zero-order chi connectivity index (χ0) is 15.4. The van der Waals surface area contributed by atoms with Crippen molar-refractivity contribution in [1.29, 1.82) is 0 Å². The molecule has 0 amide bonds. The molecular formula is C21H20O. The van der Waals surface area contributed by atoms with Crippen molar-refractivity contribution in [2.45, 2.75) is 20.5 Å². The summed E-state index contributed by atoms with van der Waals surface area (Å²) in [6, 6.07) is 25.1. The Bertz CT molecular complexity index is 743. The van der Waals surface area contributed by atoms with Crippen LogP contribution < -0.4 is 4.74 Å². The predicted octanol–water partition coefficient (Wildman–Crippen LogP) is 5.55. The van der Waals surface area contributed by atoms with Gasteiger partial charge in [-0.25, -0.2) is 0 Å². The molecule has 0 atom stereocenters. The summed E-state index contributed by atoms with van der Waals surface area (Å²) in [5, 5.41) is 0. The number of aryl methyl sites for hydroxylation is 1. The highest BCUT2D eigenvalue weighted by molar-refractivity contribution is 5.68. The number of benzene rings is 3. The molecule has 0 saturated carbocycles. The van der Waals surface area contributed by atoms with E-state index in [0.29, 0.717) is 6.61 Å². The molecule has 1 heteroatoms. The fraction of sp³-hybridized carbons (Fsp3) is 0.143. The number of hydrogen-bond donors (Lipinski definition) is 0. The van der Waals surface area contributed by atoms with Gasteiger partial charge in [-0.05, 0) is 48.2 Å². The smallest absolute Gasteiger partial charge is 0.119 e. The van der Waals surface area contributed by atoms with E-state index in [-0.39, 0.29) is 0 Å². The van der Waals surface area contributed by atoms with E-state index in [1.54, 1.807) is 0 Å². The van der Waals surface area contributed by atoms with Gasteiger partial charge in [0.2, 0.25) is 0 Å². The summed E-state index contributed by atoms with van der Waals surface area (Å²) in [6.45, 7) is 4.84. The Morgan fingerprint density at radius 1 is 0.727 bits per heavy atom. The third-order valence-electron chi connectivity index (χ3n) is 3.95. The van der Waals surface area contributed by atoms with Gasteiger partial charge in [0, 0.05) is 0 Å². The van der Waals surface area contributed by atoms with Crippen LogP contribution in [0.2, 0.25) is 0 Å². The van der Waals surface area contributed by atoms with Gasteiger partial charge in [0.15, 0.2) is 0 Å². The molecule has 3 rings (SSSR count). The van der Waals surface area contributed by atoms with Crippen LogP contribution in [0.3, 0.4) is 0 Å². The molecule has 0 unspecified atom stereocenters. The lowest BCUT2D eigenvalue weighted by atomic mass is 9.97. The lowest BCUT2D eigenvalue weighted by Gasteiger charge is -2.13. The molecule has 0 spiro atoms. The molecule has 0 heterocycles. The lowest BCUT2D eigenvalue weighted by Crippen LogP contribution is -1.99. The monoisotopic (exact) mass is 288 g/mol. The van der Waals surface area contributed by atoms with Crippen molar-refractivity contribution in [2.24, 2.45) is 0 Å². The highest BCUT2D eigenvalue weighted by Gasteiger charge is 2.06. The van der Waals surface area contributed by atoms with E-state index >= 15 is 0 Å². The second-order valence-corrected chi connectivity index (χ2v) is 5.56. The molecule has 3 aromatic rings. The van der Waals surface area contributed by atoms with Gasteiger partial charge >= 0.3 is 0 Å². The summed E-state index contributed by atoms with van der Waals surface area (Å²) in [5.41, 5.74) is 6.26. The molecule has 0 aromatic heterocycles. The van der Waals surface area contributed by atoms with Crippen LogP contribution in [0.4, 0.5) is 0 Å². The molecule has 0 fully saturated rings. The third-order valence-corrected chi connectivity index (χ3v) is 3.95. The van der Waals surface area contributed by atoms with Gasteiger partial charge in [-0.2, -0.15) is 0 Å². The largest absolute Gasteiger partial charge is 0.489 e. The van der Waals surface area contributed by atoms with E-state index in [1.807, 2.05) is 18.2 Å². The van der Waals surface area contributed by atoms with Crippen LogP contribution in [0.1, 0.15) is 16.7 Å². The molecule has 1 nitrogen and oxygen atoms in total. The zero-order valence-corrected chi connectivity index (χ0v) is 13.0. The van der Waals surface area contributed by atoms with Crippen molar-refractivity contribution >= 4 is 0 Å². The molecule has 22 heavy (non-hydrogen) atoms. The minimum absolute atomic E-state index is 0.593. The fourth-order valence-corrected chi connectivity index (χ4v) is 2.57. The van der Waals surface area contributed by atoms with E-state index < -0.39 is 0 Å². The number of rotatable bonds is 4. The molecule has 0 aliphatic carbocycles. The molecular weight excluding hydrogens is 268 g/mol. The average Bonchev–Trinajstić information content (AvgIpc) is 2.56. The Morgan fingerprint density at radius 3 is 2.18 bits per heavy atom. The lowest BCUT2D eigenvalue weighted by molar-refractivity contribution is 0.305. The Kier molecular flexibility index (Phi) is 4.24. The predicted molar refractivity (Wildman–Crippen MR) is 92.1 cm³/mol. The normalized spacial score (nSPS) is 10.5. The minimum Gasteiger partial charge on any atom is -0.489 e. The summed E-state index contributed by atoms with van der Waals surface area (Å²) in [7, 11) is 0. The maximum Gasteiger partial charge on any atom is 0.119 e. The first-order chi connectivity index (χ1) is 10.7. The van der Waals surface area contributed by atoms with E-state index in [4.69, 9.17) is 4.74 Å². The topological polar surface area (TPSA) is 9.23 Å². The Labute approximate surface area is 132 Å². The summed E-state index contributed by atoms with van der Waals surface area (Å²) in [6.07, 6.45) is 0. The van der Waals surface area contributed by atoms with Crippen LogP contribution in [-0.2, 0) is 6.61 Å². The van der Waals surface area contributed by atoms with Crippen molar-refractivity contribution < 1.29 is 4.74 Å². The highest BCUT2D eigenvalue weighted by Crippen LogP contribution is 2.26. The van der Waals surface area contributed by atoms with E-state index in [9.17, 15) is 0 Å². The van der Waals surface area contributed by atoms with Crippen molar-refractivity contribution in [2.75, 3.05) is 0 Å². The average molecular weight is 288 g/mol. The second-order valence-electron chi connectivity index (χ2n) is 5.56. The van der Waals surface area contributed by atoms with Crippen LogP contribution in [0.5, 0.6) is 5.75 Å². The summed E-state index contributed by atoms with van der Waals surface area (Å²) in [5.74, 6) is 0.912.